The Morgan fingerprint density at radius 3 is 2.20 bits per heavy atom. The zero-order valence-corrected chi connectivity index (χ0v) is 15.5. The fourth-order valence-corrected chi connectivity index (χ4v) is 4.97. The molecule has 2 aliphatic carbocycles. The van der Waals surface area contributed by atoms with Crippen LogP contribution in [0.4, 0.5) is 0 Å². The Bertz CT molecular complexity index is 1110. The number of hydrogen-bond acceptors (Lipinski definition) is 0. The second-order valence-electron chi connectivity index (χ2n) is 7.54. The summed E-state index contributed by atoms with van der Waals surface area (Å²) in [7, 11) is 0. The van der Waals surface area contributed by atoms with E-state index in [9.17, 15) is 0 Å². The molecule has 2 aliphatic rings. The summed E-state index contributed by atoms with van der Waals surface area (Å²) in [5.41, 5.74) is 8.20. The van der Waals surface area contributed by atoms with Crippen molar-refractivity contribution in [1.29, 1.82) is 0 Å². The monoisotopic (exact) mass is 344 g/mol. The number of rotatable bonds is 1. The molecule has 0 atom stereocenters. The molecule has 0 spiro atoms. The van der Waals surface area contributed by atoms with Gasteiger partial charge in [-0.25, -0.2) is 0 Å². The minimum atomic E-state index is 0.903. The molecule has 0 heterocycles. The van der Waals surface area contributed by atoms with Crippen LogP contribution in [-0.4, -0.2) is 0 Å². The summed E-state index contributed by atoms with van der Waals surface area (Å²) in [5, 5.41) is 6.54. The molecular formula is C24H21Cl. The fourth-order valence-electron chi connectivity index (χ4n) is 4.68. The largest absolute Gasteiger partial charge is 0.0840 e. The molecule has 0 radical (unpaired) electrons. The van der Waals surface area contributed by atoms with Gasteiger partial charge in [0.2, 0.25) is 0 Å². The van der Waals surface area contributed by atoms with Crippen LogP contribution in [0.2, 0.25) is 0 Å². The van der Waals surface area contributed by atoms with Crippen molar-refractivity contribution in [3.63, 3.8) is 0 Å². The highest BCUT2D eigenvalue weighted by atomic mass is 35.5. The van der Waals surface area contributed by atoms with Crippen molar-refractivity contribution in [3.8, 4) is 0 Å². The second-order valence-corrected chi connectivity index (χ2v) is 7.95. The van der Waals surface area contributed by atoms with E-state index in [1.165, 1.54) is 54.9 Å². The molecule has 0 saturated carbocycles. The van der Waals surface area contributed by atoms with Gasteiger partial charge in [-0.2, -0.15) is 0 Å². The average Bonchev–Trinajstić information content (AvgIpc) is 2.59. The van der Waals surface area contributed by atoms with Crippen molar-refractivity contribution in [2.45, 2.75) is 39.5 Å². The summed E-state index contributed by atoms with van der Waals surface area (Å²) >= 11 is 6.62. The molecule has 124 valence electrons. The van der Waals surface area contributed by atoms with Gasteiger partial charge >= 0.3 is 0 Å². The quantitative estimate of drug-likeness (QED) is 0.416. The first-order valence-corrected chi connectivity index (χ1v) is 9.55. The minimum Gasteiger partial charge on any atom is -0.0840 e. The van der Waals surface area contributed by atoms with E-state index in [4.69, 9.17) is 11.6 Å². The van der Waals surface area contributed by atoms with Crippen LogP contribution in [0.1, 0.15) is 40.7 Å². The molecule has 0 unspecified atom stereocenters. The van der Waals surface area contributed by atoms with E-state index in [-0.39, 0.29) is 0 Å². The first-order chi connectivity index (χ1) is 12.1. The highest BCUT2D eigenvalue weighted by Crippen LogP contribution is 2.43. The van der Waals surface area contributed by atoms with E-state index in [0.29, 0.717) is 0 Å². The Balaban J connectivity index is 1.99. The summed E-state index contributed by atoms with van der Waals surface area (Å²) in [5.74, 6) is 0. The first-order valence-electron chi connectivity index (χ1n) is 9.18. The number of benzene rings is 3. The van der Waals surface area contributed by atoms with Gasteiger partial charge in [0.25, 0.3) is 0 Å². The average molecular weight is 345 g/mol. The Hall–Kier alpha value is -2.05. The molecule has 0 N–H and O–H groups in total. The van der Waals surface area contributed by atoms with Crippen LogP contribution in [0.5, 0.6) is 0 Å². The van der Waals surface area contributed by atoms with Crippen LogP contribution < -0.4 is 0 Å². The van der Waals surface area contributed by atoms with Gasteiger partial charge in [0, 0.05) is 5.03 Å². The lowest BCUT2D eigenvalue weighted by molar-refractivity contribution is 0.964. The maximum Gasteiger partial charge on any atom is 0.0441 e. The molecular weight excluding hydrogens is 324 g/mol. The molecule has 0 fully saturated rings. The lowest BCUT2D eigenvalue weighted by Gasteiger charge is -2.23. The van der Waals surface area contributed by atoms with Crippen molar-refractivity contribution in [3.05, 3.63) is 75.3 Å². The van der Waals surface area contributed by atoms with Crippen molar-refractivity contribution >= 4 is 38.7 Å². The zero-order chi connectivity index (χ0) is 17.1. The number of aryl methyl sites for hydroxylation is 4. The molecule has 0 bridgehead atoms. The summed E-state index contributed by atoms with van der Waals surface area (Å²) in [6.07, 6.45) is 8.87. The van der Waals surface area contributed by atoms with E-state index in [1.807, 2.05) is 0 Å². The number of halogens is 1. The van der Waals surface area contributed by atoms with Gasteiger partial charge in [0.15, 0.2) is 0 Å². The Morgan fingerprint density at radius 2 is 1.44 bits per heavy atom. The number of allylic oxidation sites excluding steroid dienone is 4. The molecule has 1 heteroatoms. The van der Waals surface area contributed by atoms with Crippen molar-refractivity contribution in [2.75, 3.05) is 0 Å². The van der Waals surface area contributed by atoms with E-state index < -0.39 is 0 Å². The molecule has 25 heavy (non-hydrogen) atoms. The van der Waals surface area contributed by atoms with Crippen LogP contribution in [0, 0.1) is 13.8 Å². The summed E-state index contributed by atoms with van der Waals surface area (Å²) in [6.45, 7) is 4.42. The maximum absolute atomic E-state index is 6.62. The molecule has 3 aromatic carbocycles. The second kappa shape index (κ2) is 5.47. The SMILES string of the molecule is Cc1cc2c3c(c1)cc(C1=CCCC=C1Cl)c1cc(C)cc(c13)CC2. The van der Waals surface area contributed by atoms with Crippen molar-refractivity contribution < 1.29 is 0 Å². The standard InChI is InChI=1S/C24H21Cl/c1-14-9-16-7-8-17-10-15(2)12-21-20(19-5-3-4-6-22(19)25)13-18(11-14)23(16)24(17)21/h5-6,9-13H,3-4,7-8H2,1-2H3. The molecule has 3 aromatic rings. The first kappa shape index (κ1) is 15.2. The third-order valence-electron chi connectivity index (χ3n) is 5.65. The van der Waals surface area contributed by atoms with Gasteiger partial charge in [-0.1, -0.05) is 59.1 Å². The summed E-state index contributed by atoms with van der Waals surface area (Å²) in [6, 6.07) is 11.8. The smallest absolute Gasteiger partial charge is 0.0441 e. The lowest BCUT2D eigenvalue weighted by Crippen LogP contribution is -2.04. The Labute approximate surface area is 153 Å². The fraction of sp³-hybridized carbons (Fsp3) is 0.250. The van der Waals surface area contributed by atoms with Gasteiger partial charge in [0.05, 0.1) is 0 Å². The van der Waals surface area contributed by atoms with E-state index in [1.54, 1.807) is 0 Å². The highest BCUT2D eigenvalue weighted by molar-refractivity contribution is 6.38. The molecule has 0 nitrogen and oxygen atoms in total. The topological polar surface area (TPSA) is 0 Å². The molecule has 0 amide bonds. The van der Waals surface area contributed by atoms with E-state index >= 15 is 0 Å². The third-order valence-corrected chi connectivity index (χ3v) is 6.01. The minimum absolute atomic E-state index is 0.903. The van der Waals surface area contributed by atoms with Crippen molar-refractivity contribution in [1.82, 2.24) is 0 Å². The van der Waals surface area contributed by atoms with Gasteiger partial charge in [-0.05, 0) is 89.4 Å². The predicted octanol–water partition coefficient (Wildman–Crippen LogP) is 7.01. The van der Waals surface area contributed by atoms with Crippen LogP contribution in [0.25, 0.3) is 27.1 Å². The Kier molecular flexibility index (Phi) is 3.33. The van der Waals surface area contributed by atoms with Crippen LogP contribution in [-0.2, 0) is 12.8 Å². The Morgan fingerprint density at radius 1 is 0.760 bits per heavy atom. The van der Waals surface area contributed by atoms with Gasteiger partial charge in [0.1, 0.15) is 0 Å². The molecule has 5 rings (SSSR count). The van der Waals surface area contributed by atoms with Crippen LogP contribution in [0.3, 0.4) is 0 Å². The van der Waals surface area contributed by atoms with Crippen LogP contribution >= 0.6 is 11.6 Å². The lowest BCUT2D eigenvalue weighted by atomic mass is 9.81. The molecule has 0 aromatic heterocycles. The number of hydrogen-bond donors (Lipinski definition) is 0. The summed E-state index contributed by atoms with van der Waals surface area (Å²) in [4.78, 5) is 0. The maximum atomic E-state index is 6.62. The molecule has 0 saturated heterocycles. The normalized spacial score (nSPS) is 16.4. The predicted molar refractivity (Wildman–Crippen MR) is 109 cm³/mol. The zero-order valence-electron chi connectivity index (χ0n) is 14.7. The summed E-state index contributed by atoms with van der Waals surface area (Å²) < 4.78 is 0. The van der Waals surface area contributed by atoms with Gasteiger partial charge in [-0.3, -0.25) is 0 Å². The van der Waals surface area contributed by atoms with E-state index in [2.05, 4.69) is 56.3 Å². The third kappa shape index (κ3) is 2.28. The van der Waals surface area contributed by atoms with E-state index in [0.717, 1.165) is 30.7 Å². The highest BCUT2D eigenvalue weighted by Gasteiger charge is 2.21. The van der Waals surface area contributed by atoms with Gasteiger partial charge in [-0.15, -0.1) is 0 Å². The molecule has 0 aliphatic heterocycles. The van der Waals surface area contributed by atoms with Gasteiger partial charge < -0.3 is 0 Å². The van der Waals surface area contributed by atoms with Crippen molar-refractivity contribution in [2.24, 2.45) is 0 Å². The van der Waals surface area contributed by atoms with Crippen LogP contribution in [0.15, 0.2) is 47.5 Å².